The minimum atomic E-state index is -0.392. The fourth-order valence-corrected chi connectivity index (χ4v) is 2.11. The van der Waals surface area contributed by atoms with Crippen LogP contribution < -0.4 is 4.90 Å². The van der Waals surface area contributed by atoms with E-state index >= 15 is 0 Å². The molecule has 0 aliphatic carbocycles. The number of aryl methyl sites for hydroxylation is 1. The lowest BCUT2D eigenvalue weighted by Gasteiger charge is -2.22. The summed E-state index contributed by atoms with van der Waals surface area (Å²) in [6, 6.07) is 12.3. The number of ketones is 1. The molecule has 3 heteroatoms. The molecule has 0 heterocycles. The van der Waals surface area contributed by atoms with Crippen LogP contribution in [0.25, 0.3) is 0 Å². The SMILES string of the molecule is CC(=O)c1cccc(F)c1N(C)c1cccc(C)c1. The highest BCUT2D eigenvalue weighted by Gasteiger charge is 2.16. The molecule has 0 fully saturated rings. The van der Waals surface area contributed by atoms with E-state index in [-0.39, 0.29) is 5.78 Å². The topological polar surface area (TPSA) is 20.3 Å². The standard InChI is InChI=1S/C16H16FNO/c1-11-6-4-7-13(10-11)18(3)16-14(12(2)19)8-5-9-15(16)17/h4-10H,1-3H3. The summed E-state index contributed by atoms with van der Waals surface area (Å²) >= 11 is 0. The van der Waals surface area contributed by atoms with Gasteiger partial charge in [0.2, 0.25) is 0 Å². The van der Waals surface area contributed by atoms with Crippen molar-refractivity contribution >= 4 is 17.2 Å². The molecule has 0 saturated heterocycles. The zero-order valence-corrected chi connectivity index (χ0v) is 11.3. The Hall–Kier alpha value is -2.16. The van der Waals surface area contributed by atoms with Crippen molar-refractivity contribution in [3.63, 3.8) is 0 Å². The highest BCUT2D eigenvalue weighted by atomic mass is 19.1. The Balaban J connectivity index is 2.55. The van der Waals surface area contributed by atoms with Gasteiger partial charge in [-0.1, -0.05) is 18.2 Å². The van der Waals surface area contributed by atoms with Crippen LogP contribution in [0.5, 0.6) is 0 Å². The Kier molecular flexibility index (Phi) is 3.65. The first-order valence-corrected chi connectivity index (χ1v) is 6.10. The van der Waals surface area contributed by atoms with E-state index in [0.29, 0.717) is 11.3 Å². The van der Waals surface area contributed by atoms with E-state index in [0.717, 1.165) is 11.3 Å². The van der Waals surface area contributed by atoms with Gasteiger partial charge < -0.3 is 4.90 Å². The minimum absolute atomic E-state index is 0.144. The number of Topliss-reactive ketones (excluding diaryl/α,β-unsaturated/α-hetero) is 1. The maximum absolute atomic E-state index is 14.1. The maximum Gasteiger partial charge on any atom is 0.162 e. The van der Waals surface area contributed by atoms with E-state index in [1.807, 2.05) is 31.2 Å². The number of benzene rings is 2. The van der Waals surface area contributed by atoms with Gasteiger partial charge in [-0.2, -0.15) is 0 Å². The van der Waals surface area contributed by atoms with Crippen LogP contribution in [-0.4, -0.2) is 12.8 Å². The smallest absolute Gasteiger partial charge is 0.162 e. The number of nitrogens with zero attached hydrogens (tertiary/aromatic N) is 1. The van der Waals surface area contributed by atoms with Crippen LogP contribution in [0.4, 0.5) is 15.8 Å². The molecular weight excluding hydrogens is 241 g/mol. The number of carbonyl (C=O) groups is 1. The van der Waals surface area contributed by atoms with Gasteiger partial charge in [-0.3, -0.25) is 4.79 Å². The van der Waals surface area contributed by atoms with E-state index in [4.69, 9.17) is 0 Å². The molecule has 0 atom stereocenters. The quantitative estimate of drug-likeness (QED) is 0.771. The summed E-state index contributed by atoms with van der Waals surface area (Å²) in [6.07, 6.45) is 0. The van der Waals surface area contributed by atoms with Crippen LogP contribution in [0.1, 0.15) is 22.8 Å². The van der Waals surface area contributed by atoms with Crippen molar-refractivity contribution in [1.82, 2.24) is 0 Å². The molecule has 0 aromatic heterocycles. The molecule has 0 bridgehead atoms. The fraction of sp³-hybridized carbons (Fsp3) is 0.188. The van der Waals surface area contributed by atoms with Crippen LogP contribution in [0, 0.1) is 12.7 Å². The highest BCUT2D eigenvalue weighted by Crippen LogP contribution is 2.30. The van der Waals surface area contributed by atoms with Gasteiger partial charge in [0.05, 0.1) is 5.69 Å². The summed E-state index contributed by atoms with van der Waals surface area (Å²) in [5.74, 6) is -0.536. The van der Waals surface area contributed by atoms with Crippen LogP contribution in [0.3, 0.4) is 0 Å². The second-order valence-corrected chi connectivity index (χ2v) is 4.59. The monoisotopic (exact) mass is 257 g/mol. The van der Waals surface area contributed by atoms with Gasteiger partial charge >= 0.3 is 0 Å². The molecule has 98 valence electrons. The van der Waals surface area contributed by atoms with Crippen LogP contribution in [0.15, 0.2) is 42.5 Å². The number of hydrogen-bond acceptors (Lipinski definition) is 2. The van der Waals surface area contributed by atoms with E-state index in [9.17, 15) is 9.18 Å². The van der Waals surface area contributed by atoms with Gasteiger partial charge in [-0.25, -0.2) is 4.39 Å². The molecule has 2 aromatic rings. The first kappa shape index (κ1) is 13.3. The Labute approximate surface area is 112 Å². The van der Waals surface area contributed by atoms with E-state index < -0.39 is 5.82 Å². The third-order valence-electron chi connectivity index (χ3n) is 3.09. The number of anilines is 2. The molecule has 2 rings (SSSR count). The average Bonchev–Trinajstić information content (AvgIpc) is 2.37. The number of para-hydroxylation sites is 1. The average molecular weight is 257 g/mol. The highest BCUT2D eigenvalue weighted by molar-refractivity contribution is 6.00. The first-order chi connectivity index (χ1) is 9.00. The van der Waals surface area contributed by atoms with Crippen LogP contribution >= 0.6 is 0 Å². The van der Waals surface area contributed by atoms with Crippen molar-refractivity contribution in [3.8, 4) is 0 Å². The fourth-order valence-electron chi connectivity index (χ4n) is 2.11. The molecule has 0 aliphatic rings. The van der Waals surface area contributed by atoms with Gasteiger partial charge in [-0.05, 0) is 43.7 Å². The Morgan fingerprint density at radius 1 is 1.16 bits per heavy atom. The molecule has 0 aliphatic heterocycles. The Morgan fingerprint density at radius 2 is 1.84 bits per heavy atom. The van der Waals surface area contributed by atoms with Crippen molar-refractivity contribution < 1.29 is 9.18 Å². The third-order valence-corrected chi connectivity index (χ3v) is 3.09. The van der Waals surface area contributed by atoms with E-state index in [1.54, 1.807) is 24.1 Å². The molecule has 2 nitrogen and oxygen atoms in total. The van der Waals surface area contributed by atoms with Crippen molar-refractivity contribution in [1.29, 1.82) is 0 Å². The molecular formula is C16H16FNO. The molecule has 0 unspecified atom stereocenters. The van der Waals surface area contributed by atoms with Gasteiger partial charge in [0.15, 0.2) is 5.78 Å². The van der Waals surface area contributed by atoms with Crippen molar-refractivity contribution in [2.75, 3.05) is 11.9 Å². The molecule has 0 spiro atoms. The molecule has 0 amide bonds. The first-order valence-electron chi connectivity index (χ1n) is 6.10. The molecule has 0 N–H and O–H groups in total. The van der Waals surface area contributed by atoms with Crippen LogP contribution in [-0.2, 0) is 0 Å². The zero-order valence-electron chi connectivity index (χ0n) is 11.3. The number of rotatable bonds is 3. The summed E-state index contributed by atoms with van der Waals surface area (Å²) in [7, 11) is 1.76. The lowest BCUT2D eigenvalue weighted by molar-refractivity contribution is 0.101. The second kappa shape index (κ2) is 5.22. The minimum Gasteiger partial charge on any atom is -0.342 e. The lowest BCUT2D eigenvalue weighted by Crippen LogP contribution is -2.15. The van der Waals surface area contributed by atoms with Crippen LogP contribution in [0.2, 0.25) is 0 Å². The summed E-state index contributed by atoms with van der Waals surface area (Å²) in [6.45, 7) is 3.42. The van der Waals surface area contributed by atoms with E-state index in [2.05, 4.69) is 0 Å². The van der Waals surface area contributed by atoms with Gasteiger partial charge in [0.1, 0.15) is 5.82 Å². The second-order valence-electron chi connectivity index (χ2n) is 4.59. The molecule has 19 heavy (non-hydrogen) atoms. The van der Waals surface area contributed by atoms with Crippen molar-refractivity contribution in [3.05, 3.63) is 59.4 Å². The maximum atomic E-state index is 14.1. The summed E-state index contributed by atoms with van der Waals surface area (Å²) in [4.78, 5) is 13.3. The number of halogens is 1. The molecule has 2 aromatic carbocycles. The Morgan fingerprint density at radius 3 is 2.47 bits per heavy atom. The largest absolute Gasteiger partial charge is 0.342 e. The van der Waals surface area contributed by atoms with Gasteiger partial charge in [-0.15, -0.1) is 0 Å². The summed E-state index contributed by atoms with van der Waals surface area (Å²) in [5.41, 5.74) is 2.65. The van der Waals surface area contributed by atoms with Crippen molar-refractivity contribution in [2.24, 2.45) is 0 Å². The predicted molar refractivity (Wildman–Crippen MR) is 75.6 cm³/mol. The summed E-state index contributed by atoms with van der Waals surface area (Å²) in [5, 5.41) is 0. The Bertz CT molecular complexity index is 622. The normalized spacial score (nSPS) is 10.3. The lowest BCUT2D eigenvalue weighted by atomic mass is 10.1. The van der Waals surface area contributed by atoms with E-state index in [1.165, 1.54) is 13.0 Å². The van der Waals surface area contributed by atoms with Gasteiger partial charge in [0.25, 0.3) is 0 Å². The zero-order chi connectivity index (χ0) is 14.0. The number of hydrogen-bond donors (Lipinski definition) is 0. The molecule has 0 radical (unpaired) electrons. The number of carbonyl (C=O) groups excluding carboxylic acids is 1. The van der Waals surface area contributed by atoms with Gasteiger partial charge in [0, 0.05) is 18.3 Å². The van der Waals surface area contributed by atoms with Crippen molar-refractivity contribution in [2.45, 2.75) is 13.8 Å². The molecule has 0 saturated carbocycles. The summed E-state index contributed by atoms with van der Waals surface area (Å²) < 4.78 is 14.1. The predicted octanol–water partition coefficient (Wildman–Crippen LogP) is 4.10. The third kappa shape index (κ3) is 2.65.